The van der Waals surface area contributed by atoms with Crippen molar-refractivity contribution in [1.29, 1.82) is 0 Å². The summed E-state index contributed by atoms with van der Waals surface area (Å²) in [5, 5.41) is 12.4. The molecule has 0 aliphatic heterocycles. The molecule has 3 rings (SSSR count). The van der Waals surface area contributed by atoms with Crippen LogP contribution in [0, 0.1) is 0 Å². The van der Waals surface area contributed by atoms with Crippen LogP contribution < -0.4 is 5.32 Å². The monoisotopic (exact) mass is 449 g/mol. The molecule has 0 spiro atoms. The zero-order valence-electron chi connectivity index (χ0n) is 16.1. The third-order valence-corrected chi connectivity index (χ3v) is 6.00. The molecular formula is C21H21Cl2N3O2S. The average molecular weight is 450 g/mol. The van der Waals surface area contributed by atoms with Crippen molar-refractivity contribution >= 4 is 40.9 Å². The Bertz CT molecular complexity index is 966. The molecule has 3 aromatic rings. The normalized spacial score (nSPS) is 13.1. The van der Waals surface area contributed by atoms with Crippen LogP contribution in [0.15, 0.2) is 58.2 Å². The van der Waals surface area contributed by atoms with E-state index in [4.69, 9.17) is 27.6 Å². The minimum absolute atomic E-state index is 0.133. The number of rotatable bonds is 8. The summed E-state index contributed by atoms with van der Waals surface area (Å²) in [6.07, 6.45) is 0.651. The number of aromatic nitrogens is 2. The van der Waals surface area contributed by atoms with E-state index in [-0.39, 0.29) is 23.6 Å². The first-order chi connectivity index (χ1) is 13.9. The highest BCUT2D eigenvalue weighted by molar-refractivity contribution is 7.99. The summed E-state index contributed by atoms with van der Waals surface area (Å²) in [4.78, 5) is 12.2. The van der Waals surface area contributed by atoms with Gasteiger partial charge in [0.15, 0.2) is 0 Å². The zero-order valence-corrected chi connectivity index (χ0v) is 18.4. The fraction of sp³-hybridized carbons (Fsp3) is 0.286. The SMILES string of the molecule is CC(Cc1nnc(SCC(=O)NC(C)c2ccc(Cl)c(Cl)c2)o1)c1ccccc1. The fourth-order valence-electron chi connectivity index (χ4n) is 2.82. The van der Waals surface area contributed by atoms with Gasteiger partial charge in [0.2, 0.25) is 11.8 Å². The molecule has 1 amide bonds. The van der Waals surface area contributed by atoms with E-state index in [1.54, 1.807) is 12.1 Å². The van der Waals surface area contributed by atoms with Crippen LogP contribution in [-0.2, 0) is 11.2 Å². The minimum Gasteiger partial charge on any atom is -0.416 e. The van der Waals surface area contributed by atoms with Gasteiger partial charge in [-0.15, -0.1) is 10.2 Å². The Morgan fingerprint density at radius 1 is 1.07 bits per heavy atom. The number of carbonyl (C=O) groups excluding carboxylic acids is 1. The predicted octanol–water partition coefficient (Wildman–Crippen LogP) is 5.69. The Kier molecular flexibility index (Phi) is 7.58. The van der Waals surface area contributed by atoms with Gasteiger partial charge in [0.05, 0.1) is 21.8 Å². The molecule has 2 aromatic carbocycles. The molecule has 8 heteroatoms. The summed E-state index contributed by atoms with van der Waals surface area (Å²) in [7, 11) is 0. The minimum atomic E-state index is -0.192. The average Bonchev–Trinajstić information content (AvgIpc) is 3.16. The van der Waals surface area contributed by atoms with Crippen molar-refractivity contribution in [2.45, 2.75) is 37.5 Å². The molecule has 2 unspecified atom stereocenters. The van der Waals surface area contributed by atoms with Gasteiger partial charge in [-0.2, -0.15) is 0 Å². The second kappa shape index (κ2) is 10.1. The van der Waals surface area contributed by atoms with Crippen molar-refractivity contribution in [3.8, 4) is 0 Å². The Morgan fingerprint density at radius 2 is 1.83 bits per heavy atom. The van der Waals surface area contributed by atoms with Gasteiger partial charge in [0.25, 0.3) is 5.22 Å². The van der Waals surface area contributed by atoms with Gasteiger partial charge >= 0.3 is 0 Å². The van der Waals surface area contributed by atoms with Crippen LogP contribution in [0.4, 0.5) is 0 Å². The first kappa shape index (κ1) is 21.7. The molecule has 1 heterocycles. The molecule has 5 nitrogen and oxygen atoms in total. The third kappa shape index (κ3) is 6.23. The number of carbonyl (C=O) groups is 1. The lowest BCUT2D eigenvalue weighted by molar-refractivity contribution is -0.119. The Morgan fingerprint density at radius 3 is 2.55 bits per heavy atom. The van der Waals surface area contributed by atoms with Crippen LogP contribution >= 0.6 is 35.0 Å². The molecule has 0 saturated carbocycles. The standard InChI is InChI=1S/C21H21Cl2N3O2S/c1-13(15-6-4-3-5-7-15)10-20-25-26-21(28-20)29-12-19(27)24-14(2)16-8-9-17(22)18(23)11-16/h3-9,11,13-14H,10,12H2,1-2H3,(H,24,27). The maximum absolute atomic E-state index is 12.2. The van der Waals surface area contributed by atoms with Gasteiger partial charge in [-0.3, -0.25) is 4.79 Å². The first-order valence-electron chi connectivity index (χ1n) is 9.17. The summed E-state index contributed by atoms with van der Waals surface area (Å²) >= 11 is 13.2. The molecule has 0 fully saturated rings. The van der Waals surface area contributed by atoms with E-state index in [9.17, 15) is 4.79 Å². The summed E-state index contributed by atoms with van der Waals surface area (Å²) < 4.78 is 5.67. The summed E-state index contributed by atoms with van der Waals surface area (Å²) in [5.74, 6) is 0.880. The summed E-state index contributed by atoms with van der Waals surface area (Å²) in [6, 6.07) is 15.3. The van der Waals surface area contributed by atoms with Gasteiger partial charge in [-0.25, -0.2) is 0 Å². The van der Waals surface area contributed by atoms with Crippen LogP contribution in [0.5, 0.6) is 0 Å². The van der Waals surface area contributed by atoms with Crippen molar-refractivity contribution in [2.75, 3.05) is 5.75 Å². The molecule has 1 aromatic heterocycles. The number of halogens is 2. The quantitative estimate of drug-likeness (QED) is 0.447. The fourth-order valence-corrected chi connectivity index (χ4v) is 3.71. The van der Waals surface area contributed by atoms with Crippen LogP contribution in [-0.4, -0.2) is 21.9 Å². The second-order valence-electron chi connectivity index (χ2n) is 6.73. The largest absolute Gasteiger partial charge is 0.416 e. The number of nitrogens with one attached hydrogen (secondary N) is 1. The second-order valence-corrected chi connectivity index (χ2v) is 8.47. The third-order valence-electron chi connectivity index (χ3n) is 4.45. The molecule has 0 aliphatic rings. The van der Waals surface area contributed by atoms with E-state index in [0.29, 0.717) is 27.6 Å². The van der Waals surface area contributed by atoms with Crippen LogP contribution in [0.3, 0.4) is 0 Å². The molecule has 0 aliphatic carbocycles. The van der Waals surface area contributed by atoms with Crippen LogP contribution in [0.25, 0.3) is 0 Å². The maximum Gasteiger partial charge on any atom is 0.277 e. The highest BCUT2D eigenvalue weighted by Gasteiger charge is 2.15. The molecule has 29 heavy (non-hydrogen) atoms. The lowest BCUT2D eigenvalue weighted by Crippen LogP contribution is -2.28. The highest BCUT2D eigenvalue weighted by Crippen LogP contribution is 2.26. The van der Waals surface area contributed by atoms with E-state index >= 15 is 0 Å². The predicted molar refractivity (Wildman–Crippen MR) is 117 cm³/mol. The van der Waals surface area contributed by atoms with E-state index in [1.807, 2.05) is 31.2 Å². The van der Waals surface area contributed by atoms with Gasteiger partial charge in [-0.05, 0) is 36.1 Å². The van der Waals surface area contributed by atoms with Gasteiger partial charge in [-0.1, -0.05) is 78.3 Å². The summed E-state index contributed by atoms with van der Waals surface area (Å²) in [6.45, 7) is 4.00. The van der Waals surface area contributed by atoms with Gasteiger partial charge < -0.3 is 9.73 Å². The van der Waals surface area contributed by atoms with Gasteiger partial charge in [0.1, 0.15) is 0 Å². The van der Waals surface area contributed by atoms with E-state index in [1.165, 1.54) is 17.3 Å². The van der Waals surface area contributed by atoms with Crippen molar-refractivity contribution in [3.05, 3.63) is 75.6 Å². The van der Waals surface area contributed by atoms with Crippen molar-refractivity contribution in [2.24, 2.45) is 0 Å². The molecule has 0 saturated heterocycles. The zero-order chi connectivity index (χ0) is 20.8. The summed E-state index contributed by atoms with van der Waals surface area (Å²) in [5.41, 5.74) is 2.10. The van der Waals surface area contributed by atoms with Crippen LogP contribution in [0.1, 0.15) is 42.8 Å². The number of hydrogen-bond donors (Lipinski definition) is 1. The molecule has 0 bridgehead atoms. The number of hydrogen-bond acceptors (Lipinski definition) is 5. The number of thioether (sulfide) groups is 1. The Labute approximate surface area is 184 Å². The lowest BCUT2D eigenvalue weighted by Gasteiger charge is -2.14. The first-order valence-corrected chi connectivity index (χ1v) is 10.9. The Balaban J connectivity index is 1.48. The number of nitrogens with zero attached hydrogens (tertiary/aromatic N) is 2. The number of benzene rings is 2. The van der Waals surface area contributed by atoms with Crippen molar-refractivity contribution in [3.63, 3.8) is 0 Å². The number of amides is 1. The molecular weight excluding hydrogens is 429 g/mol. The Hall–Kier alpha value is -2.02. The smallest absolute Gasteiger partial charge is 0.277 e. The van der Waals surface area contributed by atoms with Crippen LogP contribution in [0.2, 0.25) is 10.0 Å². The molecule has 152 valence electrons. The lowest BCUT2D eigenvalue weighted by atomic mass is 9.98. The molecule has 1 N–H and O–H groups in total. The van der Waals surface area contributed by atoms with E-state index in [2.05, 4.69) is 34.6 Å². The van der Waals surface area contributed by atoms with E-state index < -0.39 is 0 Å². The van der Waals surface area contributed by atoms with Crippen molar-refractivity contribution in [1.82, 2.24) is 15.5 Å². The van der Waals surface area contributed by atoms with Gasteiger partial charge in [0, 0.05) is 6.42 Å². The molecule has 2 atom stereocenters. The maximum atomic E-state index is 12.2. The topological polar surface area (TPSA) is 68.0 Å². The van der Waals surface area contributed by atoms with E-state index in [0.717, 1.165) is 5.56 Å². The molecule has 0 radical (unpaired) electrons. The highest BCUT2D eigenvalue weighted by atomic mass is 35.5. The van der Waals surface area contributed by atoms with Crippen molar-refractivity contribution < 1.29 is 9.21 Å².